The second-order valence-corrected chi connectivity index (χ2v) is 4.00. The van der Waals surface area contributed by atoms with Crippen LogP contribution in [0.5, 0.6) is 0 Å². The Morgan fingerprint density at radius 2 is 2.33 bits per heavy atom. The van der Waals surface area contributed by atoms with E-state index in [9.17, 15) is 4.79 Å². The molecule has 0 aliphatic heterocycles. The van der Waals surface area contributed by atoms with Crippen LogP contribution < -0.4 is 11.1 Å². The van der Waals surface area contributed by atoms with Crippen molar-refractivity contribution in [1.29, 1.82) is 0 Å². The van der Waals surface area contributed by atoms with Gasteiger partial charge in [0.25, 0.3) is 0 Å². The molecular formula is C10H15N7O. The molecule has 0 saturated heterocycles. The van der Waals surface area contributed by atoms with Gasteiger partial charge in [0.05, 0.1) is 12.7 Å². The molecule has 1 atom stereocenters. The van der Waals surface area contributed by atoms with Crippen molar-refractivity contribution in [3.05, 3.63) is 30.1 Å². The van der Waals surface area contributed by atoms with Gasteiger partial charge in [0.1, 0.15) is 12.4 Å². The first-order valence-corrected chi connectivity index (χ1v) is 5.42. The van der Waals surface area contributed by atoms with Gasteiger partial charge in [-0.1, -0.05) is 0 Å². The van der Waals surface area contributed by atoms with Crippen LogP contribution in [-0.4, -0.2) is 30.5 Å². The lowest BCUT2D eigenvalue weighted by molar-refractivity contribution is -0.122. The van der Waals surface area contributed by atoms with E-state index >= 15 is 0 Å². The standard InChI is InChI=1S/C10H15N7O/c1-16-6-13-15-8(16)4-12-10(18)9(11)7-3-14-17(2)5-7/h3,5-6,9H,4,11H2,1-2H3,(H,12,18). The molecule has 0 saturated carbocycles. The van der Waals surface area contributed by atoms with Crippen LogP contribution in [-0.2, 0) is 25.4 Å². The van der Waals surface area contributed by atoms with Crippen LogP contribution in [0.3, 0.4) is 0 Å². The van der Waals surface area contributed by atoms with Gasteiger partial charge in [0.2, 0.25) is 5.91 Å². The van der Waals surface area contributed by atoms with Crippen molar-refractivity contribution in [1.82, 2.24) is 29.9 Å². The Kier molecular flexibility index (Phi) is 3.38. The Labute approximate surface area is 104 Å². The molecule has 8 heteroatoms. The maximum Gasteiger partial charge on any atom is 0.242 e. The first-order valence-electron chi connectivity index (χ1n) is 5.42. The molecule has 96 valence electrons. The van der Waals surface area contributed by atoms with Crippen molar-refractivity contribution < 1.29 is 4.79 Å². The number of aromatic nitrogens is 5. The van der Waals surface area contributed by atoms with Crippen LogP contribution in [0.15, 0.2) is 18.7 Å². The lowest BCUT2D eigenvalue weighted by atomic mass is 10.1. The molecule has 0 radical (unpaired) electrons. The molecule has 0 aliphatic carbocycles. The van der Waals surface area contributed by atoms with Gasteiger partial charge in [-0.2, -0.15) is 5.10 Å². The molecule has 0 aliphatic rings. The topological polar surface area (TPSA) is 104 Å². The number of hydrogen-bond acceptors (Lipinski definition) is 5. The van der Waals surface area contributed by atoms with Crippen molar-refractivity contribution in [2.45, 2.75) is 12.6 Å². The Balaban J connectivity index is 1.94. The van der Waals surface area contributed by atoms with Crippen molar-refractivity contribution in [2.24, 2.45) is 19.8 Å². The summed E-state index contributed by atoms with van der Waals surface area (Å²) in [6.07, 6.45) is 4.86. The third-order valence-corrected chi connectivity index (χ3v) is 2.59. The van der Waals surface area contributed by atoms with E-state index in [2.05, 4.69) is 20.6 Å². The van der Waals surface area contributed by atoms with Gasteiger partial charge >= 0.3 is 0 Å². The summed E-state index contributed by atoms with van der Waals surface area (Å²) in [6.45, 7) is 0.295. The summed E-state index contributed by atoms with van der Waals surface area (Å²) >= 11 is 0. The zero-order valence-electron chi connectivity index (χ0n) is 10.2. The van der Waals surface area contributed by atoms with Crippen molar-refractivity contribution in [2.75, 3.05) is 0 Å². The summed E-state index contributed by atoms with van der Waals surface area (Å²) in [5.74, 6) is 0.396. The lowest BCUT2D eigenvalue weighted by Gasteiger charge is -2.09. The molecular weight excluding hydrogens is 234 g/mol. The molecule has 0 bridgehead atoms. The summed E-state index contributed by atoms with van der Waals surface area (Å²) in [4.78, 5) is 11.8. The number of aryl methyl sites for hydroxylation is 2. The van der Waals surface area contributed by atoms with Crippen molar-refractivity contribution in [3.63, 3.8) is 0 Å². The Bertz CT molecular complexity index is 544. The maximum absolute atomic E-state index is 11.8. The number of carbonyl (C=O) groups is 1. The third kappa shape index (κ3) is 2.54. The molecule has 2 aromatic rings. The molecule has 1 amide bonds. The molecule has 18 heavy (non-hydrogen) atoms. The highest BCUT2D eigenvalue weighted by Gasteiger charge is 2.17. The van der Waals surface area contributed by atoms with Gasteiger partial charge in [-0.15, -0.1) is 10.2 Å². The summed E-state index contributed by atoms with van der Waals surface area (Å²) in [5.41, 5.74) is 6.50. The van der Waals surface area contributed by atoms with E-state index in [0.717, 1.165) is 0 Å². The Morgan fingerprint density at radius 1 is 1.56 bits per heavy atom. The maximum atomic E-state index is 11.8. The first kappa shape index (κ1) is 12.2. The van der Waals surface area contributed by atoms with Gasteiger partial charge in [0.15, 0.2) is 5.82 Å². The van der Waals surface area contributed by atoms with Gasteiger partial charge in [0, 0.05) is 25.9 Å². The zero-order chi connectivity index (χ0) is 13.1. The number of carbonyl (C=O) groups excluding carboxylic acids is 1. The van der Waals surface area contributed by atoms with E-state index in [0.29, 0.717) is 17.9 Å². The third-order valence-electron chi connectivity index (χ3n) is 2.59. The molecule has 2 heterocycles. The normalized spacial score (nSPS) is 12.4. The highest BCUT2D eigenvalue weighted by Crippen LogP contribution is 2.08. The minimum Gasteiger partial charge on any atom is -0.347 e. The molecule has 0 aromatic carbocycles. The molecule has 3 N–H and O–H groups in total. The fraction of sp³-hybridized carbons (Fsp3) is 0.400. The summed E-state index contributed by atoms with van der Waals surface area (Å²) in [5, 5.41) is 14.3. The average molecular weight is 249 g/mol. The highest BCUT2D eigenvalue weighted by molar-refractivity contribution is 5.82. The van der Waals surface area contributed by atoms with E-state index in [1.54, 1.807) is 35.0 Å². The second-order valence-electron chi connectivity index (χ2n) is 4.00. The van der Waals surface area contributed by atoms with Gasteiger partial charge in [-0.3, -0.25) is 9.48 Å². The van der Waals surface area contributed by atoms with Crippen LogP contribution in [0.1, 0.15) is 17.4 Å². The van der Waals surface area contributed by atoms with E-state index in [1.165, 1.54) is 0 Å². The zero-order valence-corrected chi connectivity index (χ0v) is 10.2. The van der Waals surface area contributed by atoms with Gasteiger partial charge in [-0.05, 0) is 0 Å². The fourth-order valence-corrected chi connectivity index (χ4v) is 1.50. The number of amides is 1. The predicted molar refractivity (Wildman–Crippen MR) is 63.0 cm³/mol. The van der Waals surface area contributed by atoms with Crippen LogP contribution in [0.4, 0.5) is 0 Å². The van der Waals surface area contributed by atoms with Crippen molar-refractivity contribution >= 4 is 5.91 Å². The van der Waals surface area contributed by atoms with E-state index in [1.807, 2.05) is 7.05 Å². The fourth-order valence-electron chi connectivity index (χ4n) is 1.50. The molecule has 1 unspecified atom stereocenters. The van der Waals surface area contributed by atoms with Crippen LogP contribution in [0.25, 0.3) is 0 Å². The van der Waals surface area contributed by atoms with Crippen molar-refractivity contribution in [3.8, 4) is 0 Å². The second kappa shape index (κ2) is 4.96. The summed E-state index contributed by atoms with van der Waals surface area (Å²) < 4.78 is 3.33. The van der Waals surface area contributed by atoms with E-state index in [-0.39, 0.29) is 5.91 Å². The van der Waals surface area contributed by atoms with Crippen LogP contribution in [0.2, 0.25) is 0 Å². The monoisotopic (exact) mass is 249 g/mol. The van der Waals surface area contributed by atoms with Gasteiger partial charge in [-0.25, -0.2) is 0 Å². The van der Waals surface area contributed by atoms with Crippen LogP contribution >= 0.6 is 0 Å². The molecule has 0 fully saturated rings. The number of nitrogens with two attached hydrogens (primary N) is 1. The number of nitrogens with zero attached hydrogens (tertiary/aromatic N) is 5. The summed E-state index contributed by atoms with van der Waals surface area (Å²) in [6, 6.07) is -0.730. The molecule has 0 spiro atoms. The SMILES string of the molecule is Cn1cc(C(N)C(=O)NCc2nncn2C)cn1. The van der Waals surface area contributed by atoms with E-state index < -0.39 is 6.04 Å². The Morgan fingerprint density at radius 3 is 2.89 bits per heavy atom. The lowest BCUT2D eigenvalue weighted by Crippen LogP contribution is -2.34. The van der Waals surface area contributed by atoms with Gasteiger partial charge < -0.3 is 15.6 Å². The number of nitrogens with one attached hydrogen (secondary N) is 1. The Hall–Kier alpha value is -2.22. The highest BCUT2D eigenvalue weighted by atomic mass is 16.2. The number of hydrogen-bond donors (Lipinski definition) is 2. The molecule has 2 rings (SSSR count). The minimum absolute atomic E-state index is 0.272. The van der Waals surface area contributed by atoms with E-state index in [4.69, 9.17) is 5.73 Å². The molecule has 8 nitrogen and oxygen atoms in total. The first-order chi connectivity index (χ1) is 8.58. The largest absolute Gasteiger partial charge is 0.347 e. The van der Waals surface area contributed by atoms with Crippen LogP contribution in [0, 0.1) is 0 Å². The summed E-state index contributed by atoms with van der Waals surface area (Å²) in [7, 11) is 3.58. The average Bonchev–Trinajstić information content (AvgIpc) is 2.94. The quantitative estimate of drug-likeness (QED) is 0.713. The molecule has 2 aromatic heterocycles. The smallest absolute Gasteiger partial charge is 0.242 e. The number of rotatable bonds is 4. The minimum atomic E-state index is -0.730. The predicted octanol–water partition coefficient (Wildman–Crippen LogP) is -1.14.